The summed E-state index contributed by atoms with van der Waals surface area (Å²) < 4.78 is 11.1. The van der Waals surface area contributed by atoms with Crippen molar-refractivity contribution in [3.63, 3.8) is 0 Å². The highest BCUT2D eigenvalue weighted by Crippen LogP contribution is 2.34. The van der Waals surface area contributed by atoms with Gasteiger partial charge in [0.2, 0.25) is 11.7 Å². The van der Waals surface area contributed by atoms with Gasteiger partial charge in [-0.25, -0.2) is 0 Å². The predicted molar refractivity (Wildman–Crippen MR) is 72.8 cm³/mol. The molecule has 2 rings (SSSR count). The van der Waals surface area contributed by atoms with Gasteiger partial charge in [-0.05, 0) is 39.5 Å². The first-order valence-electron chi connectivity index (χ1n) is 7.25. The summed E-state index contributed by atoms with van der Waals surface area (Å²) in [4.78, 5) is 4.53. The van der Waals surface area contributed by atoms with Gasteiger partial charge in [0.1, 0.15) is 5.60 Å². The molecular weight excluding hydrogens is 242 g/mol. The number of nitrogens with zero attached hydrogens (tertiary/aromatic N) is 2. The van der Waals surface area contributed by atoms with Crippen LogP contribution in [0.3, 0.4) is 0 Å². The molecule has 0 bridgehead atoms. The van der Waals surface area contributed by atoms with Crippen molar-refractivity contribution >= 4 is 0 Å². The standard InChI is InChI=1S/C14H25N3O2/c1-10(6-4-7-11(2)15)12-16-13(17-19-12)14(3)8-5-9-18-14/h10-11H,4-9,15H2,1-3H3. The fourth-order valence-corrected chi connectivity index (χ4v) is 2.48. The summed E-state index contributed by atoms with van der Waals surface area (Å²) in [6.07, 6.45) is 5.17. The van der Waals surface area contributed by atoms with Crippen LogP contribution in [0.2, 0.25) is 0 Å². The molecule has 0 amide bonds. The second-order valence-corrected chi connectivity index (χ2v) is 5.95. The highest BCUT2D eigenvalue weighted by Gasteiger charge is 2.37. The van der Waals surface area contributed by atoms with Crippen molar-refractivity contribution in [1.29, 1.82) is 0 Å². The quantitative estimate of drug-likeness (QED) is 0.857. The number of aromatic nitrogens is 2. The van der Waals surface area contributed by atoms with Crippen LogP contribution in [0.4, 0.5) is 0 Å². The van der Waals surface area contributed by atoms with Crippen molar-refractivity contribution < 1.29 is 9.26 Å². The maximum Gasteiger partial charge on any atom is 0.229 e. The maximum absolute atomic E-state index is 5.75. The van der Waals surface area contributed by atoms with E-state index in [1.165, 1.54) is 0 Å². The molecule has 1 fully saturated rings. The second-order valence-electron chi connectivity index (χ2n) is 5.95. The van der Waals surface area contributed by atoms with Gasteiger partial charge in [-0.15, -0.1) is 0 Å². The Morgan fingerprint density at radius 1 is 1.37 bits per heavy atom. The van der Waals surface area contributed by atoms with Crippen molar-refractivity contribution in [2.75, 3.05) is 6.61 Å². The van der Waals surface area contributed by atoms with E-state index in [0.717, 1.165) is 44.6 Å². The molecule has 0 radical (unpaired) electrons. The predicted octanol–water partition coefficient (Wildman–Crippen LogP) is 2.72. The Kier molecular flexibility index (Phi) is 4.58. The molecule has 108 valence electrons. The topological polar surface area (TPSA) is 74.2 Å². The van der Waals surface area contributed by atoms with Crippen molar-refractivity contribution in [2.45, 2.75) is 70.4 Å². The normalized spacial score (nSPS) is 26.5. The second kappa shape index (κ2) is 6.01. The smallest absolute Gasteiger partial charge is 0.229 e. The zero-order valence-corrected chi connectivity index (χ0v) is 12.2. The minimum Gasteiger partial charge on any atom is -0.367 e. The Bertz CT molecular complexity index is 397. The van der Waals surface area contributed by atoms with Crippen LogP contribution in [-0.2, 0) is 10.3 Å². The van der Waals surface area contributed by atoms with Gasteiger partial charge in [0.25, 0.3) is 0 Å². The summed E-state index contributed by atoms with van der Waals surface area (Å²) in [5, 5.41) is 4.10. The van der Waals surface area contributed by atoms with Crippen LogP contribution in [0.1, 0.15) is 70.5 Å². The molecule has 1 aromatic rings. The lowest BCUT2D eigenvalue weighted by Gasteiger charge is -2.17. The van der Waals surface area contributed by atoms with Gasteiger partial charge in [-0.2, -0.15) is 4.98 Å². The number of hydrogen-bond donors (Lipinski definition) is 1. The van der Waals surface area contributed by atoms with Crippen LogP contribution in [0, 0.1) is 0 Å². The molecule has 5 heteroatoms. The highest BCUT2D eigenvalue weighted by atomic mass is 16.5. The van der Waals surface area contributed by atoms with Gasteiger partial charge in [0, 0.05) is 18.6 Å². The van der Waals surface area contributed by atoms with E-state index in [1.807, 2.05) is 13.8 Å². The third-order valence-corrected chi connectivity index (χ3v) is 3.85. The summed E-state index contributed by atoms with van der Waals surface area (Å²) >= 11 is 0. The number of ether oxygens (including phenoxy) is 1. The molecule has 1 saturated heterocycles. The van der Waals surface area contributed by atoms with E-state index in [2.05, 4.69) is 17.1 Å². The average molecular weight is 267 g/mol. The van der Waals surface area contributed by atoms with Gasteiger partial charge in [-0.1, -0.05) is 18.5 Å². The number of rotatable bonds is 6. The molecule has 5 nitrogen and oxygen atoms in total. The van der Waals surface area contributed by atoms with Gasteiger partial charge in [-0.3, -0.25) is 0 Å². The summed E-state index contributed by atoms with van der Waals surface area (Å²) in [7, 11) is 0. The first-order valence-corrected chi connectivity index (χ1v) is 7.25. The monoisotopic (exact) mass is 267 g/mol. The van der Waals surface area contributed by atoms with Crippen LogP contribution in [0.25, 0.3) is 0 Å². The van der Waals surface area contributed by atoms with E-state index in [4.69, 9.17) is 15.0 Å². The molecule has 1 aliphatic heterocycles. The molecule has 2 heterocycles. The zero-order valence-electron chi connectivity index (χ0n) is 12.2. The Morgan fingerprint density at radius 3 is 2.79 bits per heavy atom. The van der Waals surface area contributed by atoms with E-state index < -0.39 is 0 Å². The molecular formula is C14H25N3O2. The molecule has 0 saturated carbocycles. The van der Waals surface area contributed by atoms with E-state index in [0.29, 0.717) is 5.82 Å². The van der Waals surface area contributed by atoms with Crippen LogP contribution in [0.5, 0.6) is 0 Å². The van der Waals surface area contributed by atoms with E-state index >= 15 is 0 Å². The number of nitrogens with two attached hydrogens (primary N) is 1. The molecule has 0 aromatic carbocycles. The molecule has 19 heavy (non-hydrogen) atoms. The van der Waals surface area contributed by atoms with Crippen LogP contribution in [-0.4, -0.2) is 22.8 Å². The molecule has 3 unspecified atom stereocenters. The van der Waals surface area contributed by atoms with Gasteiger partial charge in [0.15, 0.2) is 0 Å². The molecule has 1 aromatic heterocycles. The number of hydrogen-bond acceptors (Lipinski definition) is 5. The Hall–Kier alpha value is -0.940. The molecule has 2 N–H and O–H groups in total. The third-order valence-electron chi connectivity index (χ3n) is 3.85. The lowest BCUT2D eigenvalue weighted by atomic mass is 10.0. The highest BCUT2D eigenvalue weighted by molar-refractivity contribution is 5.03. The first kappa shape index (κ1) is 14.5. The fraction of sp³-hybridized carbons (Fsp3) is 0.857. The molecule has 0 spiro atoms. The lowest BCUT2D eigenvalue weighted by molar-refractivity contribution is 0.00768. The van der Waals surface area contributed by atoms with Crippen molar-refractivity contribution in [1.82, 2.24) is 10.1 Å². The SMILES string of the molecule is CC(N)CCCC(C)c1nc(C2(C)CCCO2)no1. The Morgan fingerprint density at radius 2 is 2.16 bits per heavy atom. The fourth-order valence-electron chi connectivity index (χ4n) is 2.48. The van der Waals surface area contributed by atoms with Crippen molar-refractivity contribution in [2.24, 2.45) is 5.73 Å². The molecule has 1 aliphatic rings. The van der Waals surface area contributed by atoms with Gasteiger partial charge in [0.05, 0.1) is 0 Å². The molecule has 3 atom stereocenters. The average Bonchev–Trinajstić information content (AvgIpc) is 2.97. The van der Waals surface area contributed by atoms with E-state index in [-0.39, 0.29) is 17.6 Å². The molecule has 0 aliphatic carbocycles. The maximum atomic E-state index is 5.75. The lowest BCUT2D eigenvalue weighted by Crippen LogP contribution is -2.21. The van der Waals surface area contributed by atoms with E-state index in [1.54, 1.807) is 0 Å². The Balaban J connectivity index is 1.92. The zero-order chi connectivity index (χ0) is 13.9. The summed E-state index contributed by atoms with van der Waals surface area (Å²) in [5.41, 5.74) is 5.40. The summed E-state index contributed by atoms with van der Waals surface area (Å²) in [6, 6.07) is 0.260. The third kappa shape index (κ3) is 3.54. The van der Waals surface area contributed by atoms with Crippen molar-refractivity contribution in [3.8, 4) is 0 Å². The van der Waals surface area contributed by atoms with Crippen molar-refractivity contribution in [3.05, 3.63) is 11.7 Å². The first-order chi connectivity index (χ1) is 9.01. The Labute approximate surface area is 114 Å². The minimum atomic E-state index is -0.354. The summed E-state index contributed by atoms with van der Waals surface area (Å²) in [5.74, 6) is 1.69. The largest absolute Gasteiger partial charge is 0.367 e. The van der Waals surface area contributed by atoms with Crippen LogP contribution < -0.4 is 5.73 Å². The van der Waals surface area contributed by atoms with Gasteiger partial charge < -0.3 is 15.0 Å². The van der Waals surface area contributed by atoms with E-state index in [9.17, 15) is 0 Å². The van der Waals surface area contributed by atoms with Crippen LogP contribution in [0.15, 0.2) is 4.52 Å². The van der Waals surface area contributed by atoms with Gasteiger partial charge >= 0.3 is 0 Å². The van der Waals surface area contributed by atoms with Crippen LogP contribution >= 0.6 is 0 Å². The summed E-state index contributed by atoms with van der Waals surface area (Å²) in [6.45, 7) is 6.98. The minimum absolute atomic E-state index is 0.260.